The lowest BCUT2D eigenvalue weighted by Crippen LogP contribution is -2.27. The molecule has 9 heteroatoms. The molecule has 0 saturated carbocycles. The highest BCUT2D eigenvalue weighted by Gasteiger charge is 2.16. The molecule has 0 unspecified atom stereocenters. The summed E-state index contributed by atoms with van der Waals surface area (Å²) in [5.74, 6) is -0.696. The number of sulfonamides is 1. The normalized spacial score (nSPS) is 11.6. The monoisotopic (exact) mass is 405 g/mol. The highest BCUT2D eigenvalue weighted by atomic mass is 32.2. The predicted molar refractivity (Wildman–Crippen MR) is 108 cm³/mol. The van der Waals surface area contributed by atoms with Crippen molar-refractivity contribution in [2.75, 3.05) is 10.6 Å². The van der Waals surface area contributed by atoms with Crippen molar-refractivity contribution >= 4 is 33.4 Å². The Labute approximate surface area is 164 Å². The van der Waals surface area contributed by atoms with E-state index in [1.807, 2.05) is 0 Å². The van der Waals surface area contributed by atoms with Crippen LogP contribution in [0.1, 0.15) is 36.7 Å². The third-order valence-electron chi connectivity index (χ3n) is 3.35. The smallest absolute Gasteiger partial charge is 0.412 e. The molecule has 0 bridgehead atoms. The molecule has 0 saturated heterocycles. The number of nitrogens with two attached hydrogens (primary N) is 1. The minimum absolute atomic E-state index is 0.318. The first-order valence-corrected chi connectivity index (χ1v) is 10.1. The average molecular weight is 405 g/mol. The molecule has 4 N–H and O–H groups in total. The summed E-state index contributed by atoms with van der Waals surface area (Å²) in [7, 11) is -3.66. The quantitative estimate of drug-likeness (QED) is 0.704. The Morgan fingerprint density at radius 1 is 1.00 bits per heavy atom. The van der Waals surface area contributed by atoms with Gasteiger partial charge in [-0.25, -0.2) is 18.4 Å². The fourth-order valence-electron chi connectivity index (χ4n) is 2.30. The molecule has 2 amide bonds. The number of nitrogens with one attached hydrogen (secondary N) is 2. The lowest BCUT2D eigenvalue weighted by atomic mass is 10.1. The number of anilines is 2. The van der Waals surface area contributed by atoms with Crippen LogP contribution in [0, 0.1) is 0 Å². The first-order chi connectivity index (χ1) is 12.9. The van der Waals surface area contributed by atoms with E-state index in [0.29, 0.717) is 22.5 Å². The highest BCUT2D eigenvalue weighted by Crippen LogP contribution is 2.16. The minimum atomic E-state index is -3.66. The van der Waals surface area contributed by atoms with Crippen molar-refractivity contribution in [3.8, 4) is 0 Å². The summed E-state index contributed by atoms with van der Waals surface area (Å²) in [5, 5.41) is 10.3. The summed E-state index contributed by atoms with van der Waals surface area (Å²) in [6.07, 6.45) is -0.587. The molecule has 0 aliphatic carbocycles. The summed E-state index contributed by atoms with van der Waals surface area (Å²) in [6.45, 7) is 5.29. The van der Waals surface area contributed by atoms with Crippen molar-refractivity contribution in [2.45, 2.75) is 32.1 Å². The number of amides is 2. The van der Waals surface area contributed by atoms with Crippen LogP contribution < -0.4 is 15.8 Å². The zero-order chi connectivity index (χ0) is 20.9. The van der Waals surface area contributed by atoms with Crippen molar-refractivity contribution in [1.82, 2.24) is 0 Å². The Morgan fingerprint density at radius 2 is 1.64 bits per heavy atom. The van der Waals surface area contributed by atoms with Gasteiger partial charge in [-0.2, -0.15) is 0 Å². The van der Waals surface area contributed by atoms with E-state index in [2.05, 4.69) is 10.6 Å². The Bertz CT molecular complexity index is 964. The summed E-state index contributed by atoms with van der Waals surface area (Å²) >= 11 is 0. The van der Waals surface area contributed by atoms with Crippen LogP contribution >= 0.6 is 0 Å². The van der Waals surface area contributed by atoms with Gasteiger partial charge in [-0.15, -0.1) is 0 Å². The van der Waals surface area contributed by atoms with Gasteiger partial charge in [0.1, 0.15) is 5.60 Å². The van der Waals surface area contributed by atoms with Crippen LogP contribution in [0.2, 0.25) is 0 Å². The molecule has 0 fully saturated rings. The number of benzene rings is 2. The topological polar surface area (TPSA) is 128 Å². The molecule has 2 rings (SSSR count). The van der Waals surface area contributed by atoms with Crippen molar-refractivity contribution < 1.29 is 22.7 Å². The third-order valence-corrected chi connectivity index (χ3v) is 4.08. The largest absolute Gasteiger partial charge is 0.444 e. The molecule has 2 aromatic rings. The van der Waals surface area contributed by atoms with Crippen LogP contribution in [0.25, 0.3) is 0 Å². The van der Waals surface area contributed by atoms with Crippen LogP contribution in [0.15, 0.2) is 48.5 Å². The second-order valence-corrected chi connectivity index (χ2v) is 8.78. The molecule has 0 heterocycles. The zero-order valence-electron chi connectivity index (χ0n) is 15.9. The van der Waals surface area contributed by atoms with Crippen LogP contribution in [0.3, 0.4) is 0 Å². The van der Waals surface area contributed by atoms with Gasteiger partial charge in [0.25, 0.3) is 5.91 Å². The van der Waals surface area contributed by atoms with Crippen LogP contribution in [-0.2, 0) is 20.5 Å². The summed E-state index contributed by atoms with van der Waals surface area (Å²) in [6, 6.07) is 12.7. The zero-order valence-corrected chi connectivity index (χ0v) is 16.7. The van der Waals surface area contributed by atoms with E-state index >= 15 is 0 Å². The van der Waals surface area contributed by atoms with Gasteiger partial charge in [-0.1, -0.05) is 12.1 Å². The van der Waals surface area contributed by atoms with Crippen molar-refractivity contribution in [3.63, 3.8) is 0 Å². The Hall–Kier alpha value is -2.91. The molecule has 0 aromatic heterocycles. The van der Waals surface area contributed by atoms with E-state index in [1.165, 1.54) is 0 Å². The molecule has 0 atom stereocenters. The molecule has 8 nitrogen and oxygen atoms in total. The van der Waals surface area contributed by atoms with E-state index in [1.54, 1.807) is 69.3 Å². The lowest BCUT2D eigenvalue weighted by molar-refractivity contribution is 0.0635. The maximum Gasteiger partial charge on any atom is 0.412 e. The first kappa shape index (κ1) is 21.4. The maximum absolute atomic E-state index is 12.4. The van der Waals surface area contributed by atoms with Crippen LogP contribution in [-0.4, -0.2) is 26.0 Å². The van der Waals surface area contributed by atoms with Gasteiger partial charge in [0.05, 0.1) is 5.75 Å². The molecule has 150 valence electrons. The second-order valence-electron chi connectivity index (χ2n) is 7.17. The SMILES string of the molecule is CC(C)(C)OC(=O)Nc1ccc(C(=O)Nc2cccc(CS(N)(=O)=O)c2)cc1. The van der Waals surface area contributed by atoms with Gasteiger partial charge >= 0.3 is 6.09 Å². The Kier molecular flexibility index (Phi) is 6.42. The van der Waals surface area contributed by atoms with Crippen LogP contribution in [0.5, 0.6) is 0 Å². The van der Waals surface area contributed by atoms with E-state index in [0.717, 1.165) is 0 Å². The number of hydrogen-bond acceptors (Lipinski definition) is 5. The summed E-state index contributed by atoms with van der Waals surface area (Å²) in [4.78, 5) is 24.1. The van der Waals surface area contributed by atoms with Gasteiger partial charge in [0.15, 0.2) is 0 Å². The number of carbonyl (C=O) groups is 2. The Balaban J connectivity index is 2.02. The first-order valence-electron chi connectivity index (χ1n) is 8.42. The molecule has 0 spiro atoms. The maximum atomic E-state index is 12.4. The number of rotatable bonds is 5. The molecular formula is C19H23N3O5S. The van der Waals surface area contributed by atoms with Crippen LogP contribution in [0.4, 0.5) is 16.2 Å². The molecule has 28 heavy (non-hydrogen) atoms. The number of carbonyl (C=O) groups excluding carboxylic acids is 2. The highest BCUT2D eigenvalue weighted by molar-refractivity contribution is 7.88. The van der Waals surface area contributed by atoms with E-state index in [4.69, 9.17) is 9.88 Å². The molecular weight excluding hydrogens is 382 g/mol. The van der Waals surface area contributed by atoms with Crippen molar-refractivity contribution in [2.24, 2.45) is 5.14 Å². The second kappa shape index (κ2) is 8.41. The standard InChI is InChI=1S/C19H23N3O5S/c1-19(2,3)27-18(24)22-15-9-7-14(8-10-15)17(23)21-16-6-4-5-13(11-16)12-28(20,25)26/h4-11H,12H2,1-3H3,(H,21,23)(H,22,24)(H2,20,25,26). The molecule has 2 aromatic carbocycles. The fourth-order valence-corrected chi connectivity index (χ4v) is 2.95. The van der Waals surface area contributed by atoms with Gasteiger partial charge in [-0.05, 0) is 62.7 Å². The van der Waals surface area contributed by atoms with Crippen molar-refractivity contribution in [1.29, 1.82) is 0 Å². The van der Waals surface area contributed by atoms with Gasteiger partial charge in [0.2, 0.25) is 10.0 Å². The number of primary sulfonamides is 1. The van der Waals surface area contributed by atoms with E-state index in [-0.39, 0.29) is 11.7 Å². The molecule has 0 aliphatic heterocycles. The van der Waals surface area contributed by atoms with Gasteiger partial charge in [-0.3, -0.25) is 10.1 Å². The fraction of sp³-hybridized carbons (Fsp3) is 0.263. The summed E-state index contributed by atoms with van der Waals surface area (Å²) < 4.78 is 27.5. The van der Waals surface area contributed by atoms with E-state index in [9.17, 15) is 18.0 Å². The van der Waals surface area contributed by atoms with E-state index < -0.39 is 21.7 Å². The lowest BCUT2D eigenvalue weighted by Gasteiger charge is -2.19. The minimum Gasteiger partial charge on any atom is -0.444 e. The number of ether oxygens (including phenoxy) is 1. The third kappa shape index (κ3) is 7.37. The number of hydrogen-bond donors (Lipinski definition) is 3. The van der Waals surface area contributed by atoms with Gasteiger partial charge < -0.3 is 10.1 Å². The molecule has 0 aliphatic rings. The molecule has 0 radical (unpaired) electrons. The average Bonchev–Trinajstić information content (AvgIpc) is 2.52. The van der Waals surface area contributed by atoms with Gasteiger partial charge in [0, 0.05) is 16.9 Å². The predicted octanol–water partition coefficient (Wildman–Crippen LogP) is 3.07. The Morgan fingerprint density at radius 3 is 2.21 bits per heavy atom. The summed E-state index contributed by atoms with van der Waals surface area (Å²) in [5.41, 5.74) is 1.16. The van der Waals surface area contributed by atoms with Crippen molar-refractivity contribution in [3.05, 3.63) is 59.7 Å².